The number of fused-ring (bicyclic) bond motifs is 1. The van der Waals surface area contributed by atoms with E-state index in [0.717, 1.165) is 28.3 Å². The molecule has 0 saturated carbocycles. The molecule has 2 unspecified atom stereocenters. The lowest BCUT2D eigenvalue weighted by molar-refractivity contribution is 0.0626. The number of halogens is 2. The number of carbonyl (C=O) groups excluding carboxylic acids is 1. The van der Waals surface area contributed by atoms with Crippen LogP contribution in [0, 0.1) is 18.6 Å². The zero-order valence-electron chi connectivity index (χ0n) is 17.7. The van der Waals surface area contributed by atoms with Gasteiger partial charge in [-0.05, 0) is 43.0 Å². The summed E-state index contributed by atoms with van der Waals surface area (Å²) >= 11 is 1.61. The van der Waals surface area contributed by atoms with Crippen LogP contribution in [-0.2, 0) is 7.05 Å². The molecule has 1 amide bonds. The fourth-order valence-electron chi connectivity index (χ4n) is 4.28. The van der Waals surface area contributed by atoms with Crippen molar-refractivity contribution in [1.29, 1.82) is 0 Å². The van der Waals surface area contributed by atoms with Crippen LogP contribution in [0.15, 0.2) is 46.4 Å². The van der Waals surface area contributed by atoms with Gasteiger partial charge in [-0.2, -0.15) is 5.10 Å². The summed E-state index contributed by atoms with van der Waals surface area (Å²) in [5, 5.41) is 10.3. The molecular weight excluding hydrogens is 434 g/mol. The second-order valence-electron chi connectivity index (χ2n) is 7.94. The molecule has 0 aliphatic carbocycles. The Morgan fingerprint density at radius 2 is 2.03 bits per heavy atom. The zero-order valence-corrected chi connectivity index (χ0v) is 18.5. The molecule has 2 atom stereocenters. The summed E-state index contributed by atoms with van der Waals surface area (Å²) in [5.41, 5.74) is 3.54. The Morgan fingerprint density at radius 3 is 2.75 bits per heavy atom. The number of aromatic nitrogens is 3. The van der Waals surface area contributed by atoms with Crippen molar-refractivity contribution >= 4 is 17.2 Å². The highest BCUT2D eigenvalue weighted by Gasteiger charge is 2.38. The first-order valence-corrected chi connectivity index (χ1v) is 11.0. The first kappa shape index (κ1) is 20.6. The fraction of sp³-hybridized carbons (Fsp3) is 0.261. The monoisotopic (exact) mass is 454 g/mol. The smallest absolute Gasteiger partial charge is 0.293 e. The van der Waals surface area contributed by atoms with Gasteiger partial charge in [0.25, 0.3) is 5.91 Å². The number of nitrogens with zero attached hydrogens (tertiary/aromatic N) is 4. The minimum Gasteiger partial charge on any atom is -0.350 e. The van der Waals surface area contributed by atoms with Crippen LogP contribution in [0.2, 0.25) is 0 Å². The van der Waals surface area contributed by atoms with Crippen molar-refractivity contribution in [1.82, 2.24) is 19.8 Å². The lowest BCUT2D eigenvalue weighted by Crippen LogP contribution is -2.40. The van der Waals surface area contributed by atoms with Gasteiger partial charge in [-0.15, -0.1) is 11.3 Å². The van der Waals surface area contributed by atoms with E-state index in [2.05, 4.69) is 16.3 Å². The number of aryl methyl sites for hydroxylation is 1. The van der Waals surface area contributed by atoms with Gasteiger partial charge in [-0.3, -0.25) is 9.48 Å². The van der Waals surface area contributed by atoms with E-state index in [1.165, 1.54) is 17.7 Å². The molecule has 1 aromatic carbocycles. The normalized spacial score (nSPS) is 18.1. The van der Waals surface area contributed by atoms with Crippen LogP contribution >= 0.6 is 11.3 Å². The minimum atomic E-state index is -0.765. The van der Waals surface area contributed by atoms with E-state index in [9.17, 15) is 13.6 Å². The van der Waals surface area contributed by atoms with E-state index in [4.69, 9.17) is 4.52 Å². The van der Waals surface area contributed by atoms with Gasteiger partial charge in [0.15, 0.2) is 0 Å². The first-order valence-electron chi connectivity index (χ1n) is 10.1. The van der Waals surface area contributed by atoms with E-state index >= 15 is 0 Å². The third-order valence-corrected chi connectivity index (χ3v) is 7.27. The molecule has 0 N–H and O–H groups in total. The lowest BCUT2D eigenvalue weighted by Gasteiger charge is -2.37. The van der Waals surface area contributed by atoms with Crippen LogP contribution in [0.3, 0.4) is 0 Å². The summed E-state index contributed by atoms with van der Waals surface area (Å²) in [4.78, 5) is 16.3. The molecule has 0 spiro atoms. The van der Waals surface area contributed by atoms with Crippen molar-refractivity contribution < 1.29 is 18.1 Å². The SMILES string of the molecule is Cc1c(C2CN(C(=O)c3cc(-c4ccc(F)cc4F)no3)C(C)c3sccc32)cnn1C. The van der Waals surface area contributed by atoms with Crippen LogP contribution in [0.1, 0.15) is 51.1 Å². The fourth-order valence-corrected chi connectivity index (χ4v) is 5.31. The van der Waals surface area contributed by atoms with E-state index in [-0.39, 0.29) is 34.9 Å². The van der Waals surface area contributed by atoms with Crippen LogP contribution in [0.5, 0.6) is 0 Å². The largest absolute Gasteiger partial charge is 0.350 e. The first-order chi connectivity index (χ1) is 15.3. The molecular formula is C23H20F2N4O2S. The van der Waals surface area contributed by atoms with E-state index < -0.39 is 11.6 Å². The van der Waals surface area contributed by atoms with Crippen molar-refractivity contribution in [2.75, 3.05) is 6.54 Å². The Balaban J connectivity index is 1.49. The molecule has 164 valence electrons. The molecule has 0 saturated heterocycles. The van der Waals surface area contributed by atoms with Gasteiger partial charge in [-0.1, -0.05) is 5.16 Å². The van der Waals surface area contributed by atoms with Crippen LogP contribution in [-0.4, -0.2) is 32.3 Å². The predicted octanol–water partition coefficient (Wildman–Crippen LogP) is 5.07. The number of hydrogen-bond acceptors (Lipinski definition) is 5. The van der Waals surface area contributed by atoms with Crippen molar-refractivity contribution in [2.24, 2.45) is 7.05 Å². The number of hydrogen-bond donors (Lipinski definition) is 0. The highest BCUT2D eigenvalue weighted by Crippen LogP contribution is 2.43. The second-order valence-corrected chi connectivity index (χ2v) is 8.88. The van der Waals surface area contributed by atoms with Gasteiger partial charge in [0, 0.05) is 53.3 Å². The molecule has 1 aliphatic rings. The second kappa shape index (κ2) is 7.67. The van der Waals surface area contributed by atoms with Crippen LogP contribution in [0.25, 0.3) is 11.3 Å². The number of carbonyl (C=O) groups is 1. The van der Waals surface area contributed by atoms with E-state index in [0.29, 0.717) is 6.54 Å². The highest BCUT2D eigenvalue weighted by atomic mass is 32.1. The third-order valence-electron chi connectivity index (χ3n) is 6.17. The number of thiophene rings is 1. The van der Waals surface area contributed by atoms with Crippen LogP contribution in [0.4, 0.5) is 8.78 Å². The minimum absolute atomic E-state index is 0.0113. The molecule has 0 fully saturated rings. The van der Waals surface area contributed by atoms with Crippen LogP contribution < -0.4 is 0 Å². The molecule has 0 radical (unpaired) electrons. The number of amides is 1. The van der Waals surface area contributed by atoms with Crippen molar-refractivity contribution in [3.63, 3.8) is 0 Å². The maximum absolute atomic E-state index is 14.1. The Morgan fingerprint density at radius 1 is 1.22 bits per heavy atom. The summed E-state index contributed by atoms with van der Waals surface area (Å²) in [6.07, 6.45) is 1.85. The topological polar surface area (TPSA) is 64.2 Å². The molecule has 5 rings (SSSR count). The Kier molecular flexibility index (Phi) is 4.93. The molecule has 4 aromatic rings. The number of rotatable bonds is 3. The highest BCUT2D eigenvalue weighted by molar-refractivity contribution is 7.10. The average molecular weight is 455 g/mol. The summed E-state index contributed by atoms with van der Waals surface area (Å²) in [6.45, 7) is 4.45. The Hall–Kier alpha value is -3.33. The summed E-state index contributed by atoms with van der Waals surface area (Å²) < 4.78 is 34.5. The quantitative estimate of drug-likeness (QED) is 0.434. The van der Waals surface area contributed by atoms with Gasteiger partial charge >= 0.3 is 0 Å². The molecule has 6 nitrogen and oxygen atoms in total. The zero-order chi connectivity index (χ0) is 22.6. The molecule has 1 aliphatic heterocycles. The van der Waals surface area contributed by atoms with E-state index in [1.807, 2.05) is 37.2 Å². The Labute approximate surface area is 187 Å². The lowest BCUT2D eigenvalue weighted by atomic mass is 9.86. The van der Waals surface area contributed by atoms with E-state index in [1.54, 1.807) is 16.2 Å². The van der Waals surface area contributed by atoms with Crippen molar-refractivity contribution in [2.45, 2.75) is 25.8 Å². The summed E-state index contributed by atoms with van der Waals surface area (Å²) in [7, 11) is 1.90. The Bertz CT molecular complexity index is 1330. The van der Waals surface area contributed by atoms with Gasteiger partial charge < -0.3 is 9.42 Å². The van der Waals surface area contributed by atoms with Gasteiger partial charge in [-0.25, -0.2) is 8.78 Å². The van der Waals surface area contributed by atoms with Crippen molar-refractivity contribution in [3.05, 3.63) is 81.0 Å². The predicted molar refractivity (Wildman–Crippen MR) is 115 cm³/mol. The molecule has 9 heteroatoms. The standard InChI is InChI=1S/C23H20F2N4O2S/c1-12-17(10-26-28(12)3)18-11-29(13(2)22-15(18)6-7-32-22)23(30)21-9-20(27-31-21)16-5-4-14(24)8-19(16)25/h4-10,13,18H,11H2,1-3H3. The summed E-state index contributed by atoms with van der Waals surface area (Å²) in [6, 6.07) is 6.55. The van der Waals surface area contributed by atoms with Crippen molar-refractivity contribution in [3.8, 4) is 11.3 Å². The molecule has 32 heavy (non-hydrogen) atoms. The molecule has 0 bridgehead atoms. The van der Waals surface area contributed by atoms with Gasteiger partial charge in [0.1, 0.15) is 17.3 Å². The number of benzene rings is 1. The summed E-state index contributed by atoms with van der Waals surface area (Å²) in [5.74, 6) is -1.78. The average Bonchev–Trinajstić information content (AvgIpc) is 3.50. The maximum Gasteiger partial charge on any atom is 0.293 e. The van der Waals surface area contributed by atoms with Gasteiger partial charge in [0.2, 0.25) is 5.76 Å². The maximum atomic E-state index is 14.1. The van der Waals surface area contributed by atoms with Gasteiger partial charge in [0.05, 0.1) is 12.2 Å². The molecule has 4 heterocycles. The molecule has 3 aromatic heterocycles. The third kappa shape index (κ3) is 3.24.